The Balaban J connectivity index is 2.43. The Labute approximate surface area is 102 Å². The Hall–Kier alpha value is -1.71. The first-order chi connectivity index (χ1) is 8.24. The maximum Gasteiger partial charge on any atom is 0.161 e. The molecule has 0 heterocycles. The van der Waals surface area contributed by atoms with E-state index in [0.717, 1.165) is 24.3 Å². The third-order valence-electron chi connectivity index (χ3n) is 2.16. The summed E-state index contributed by atoms with van der Waals surface area (Å²) < 4.78 is 11.2. The van der Waals surface area contributed by atoms with Crippen LogP contribution in [0.25, 0.3) is 0 Å². The Morgan fingerprint density at radius 3 is 2.29 bits per heavy atom. The molecule has 1 aromatic carbocycles. The lowest BCUT2D eigenvalue weighted by molar-refractivity contribution is 0.266. The van der Waals surface area contributed by atoms with Crippen LogP contribution in [0.2, 0.25) is 0 Å². The largest absolute Gasteiger partial charge is 0.490 e. The fourth-order valence-corrected chi connectivity index (χ4v) is 1.35. The van der Waals surface area contributed by atoms with Crippen molar-refractivity contribution in [3.05, 3.63) is 24.3 Å². The minimum Gasteiger partial charge on any atom is -0.490 e. The van der Waals surface area contributed by atoms with E-state index in [-0.39, 0.29) is 5.84 Å². The summed E-state index contributed by atoms with van der Waals surface area (Å²) in [6, 6.07) is 7.63. The highest BCUT2D eigenvalue weighted by Crippen LogP contribution is 2.26. The number of nitrogens with one attached hydrogen (secondary N) is 1. The molecule has 17 heavy (non-hydrogen) atoms. The summed E-state index contributed by atoms with van der Waals surface area (Å²) in [5.74, 6) is 1.73. The van der Waals surface area contributed by atoms with Crippen LogP contribution in [0, 0.1) is 5.41 Å². The molecule has 0 aliphatic heterocycles. The zero-order valence-corrected chi connectivity index (χ0v) is 10.2. The van der Waals surface area contributed by atoms with Crippen molar-refractivity contribution in [2.75, 3.05) is 13.2 Å². The predicted molar refractivity (Wildman–Crippen MR) is 68.9 cm³/mol. The first-order valence-electron chi connectivity index (χ1n) is 5.91. The van der Waals surface area contributed by atoms with E-state index in [0.29, 0.717) is 19.6 Å². The van der Waals surface area contributed by atoms with E-state index in [9.17, 15) is 0 Å². The summed E-state index contributed by atoms with van der Waals surface area (Å²) in [7, 11) is 0. The first-order valence-corrected chi connectivity index (χ1v) is 5.91. The van der Waals surface area contributed by atoms with Crippen LogP contribution in [-0.4, -0.2) is 19.0 Å². The molecule has 0 fully saturated rings. The molecule has 1 rings (SSSR count). The molecule has 4 nitrogen and oxygen atoms in total. The van der Waals surface area contributed by atoms with Crippen LogP contribution in [0.4, 0.5) is 0 Å². The number of nitrogens with two attached hydrogens (primary N) is 1. The van der Waals surface area contributed by atoms with Gasteiger partial charge in [-0.2, -0.15) is 0 Å². The molecule has 0 unspecified atom stereocenters. The van der Waals surface area contributed by atoms with E-state index in [1.54, 1.807) is 0 Å². The minimum atomic E-state index is 0.198. The number of para-hydroxylation sites is 2. The van der Waals surface area contributed by atoms with Crippen LogP contribution in [0.15, 0.2) is 24.3 Å². The molecule has 0 amide bonds. The van der Waals surface area contributed by atoms with Gasteiger partial charge in [0.1, 0.15) is 0 Å². The van der Waals surface area contributed by atoms with Gasteiger partial charge in [0.2, 0.25) is 0 Å². The molecule has 0 aromatic heterocycles. The fourth-order valence-electron chi connectivity index (χ4n) is 1.35. The van der Waals surface area contributed by atoms with E-state index < -0.39 is 0 Å². The second-order valence-corrected chi connectivity index (χ2v) is 3.77. The van der Waals surface area contributed by atoms with Crippen LogP contribution in [0.1, 0.15) is 26.2 Å². The topological polar surface area (TPSA) is 68.3 Å². The van der Waals surface area contributed by atoms with Crippen molar-refractivity contribution in [3.63, 3.8) is 0 Å². The SMILES string of the molecule is CCCOc1ccccc1OCCCC(=N)N. The van der Waals surface area contributed by atoms with Gasteiger partial charge in [-0.15, -0.1) is 0 Å². The Bertz CT molecular complexity index is 353. The van der Waals surface area contributed by atoms with Crippen LogP contribution >= 0.6 is 0 Å². The Morgan fingerprint density at radius 1 is 1.18 bits per heavy atom. The zero-order valence-electron chi connectivity index (χ0n) is 10.2. The van der Waals surface area contributed by atoms with Gasteiger partial charge in [0.15, 0.2) is 11.5 Å². The van der Waals surface area contributed by atoms with Gasteiger partial charge in [-0.25, -0.2) is 0 Å². The second-order valence-electron chi connectivity index (χ2n) is 3.77. The van der Waals surface area contributed by atoms with Crippen molar-refractivity contribution >= 4 is 5.84 Å². The lowest BCUT2D eigenvalue weighted by atomic mass is 10.3. The molecule has 0 radical (unpaired) electrons. The van der Waals surface area contributed by atoms with Crippen LogP contribution in [-0.2, 0) is 0 Å². The van der Waals surface area contributed by atoms with Crippen molar-refractivity contribution in [2.45, 2.75) is 26.2 Å². The molecule has 0 aliphatic rings. The van der Waals surface area contributed by atoms with Gasteiger partial charge in [0.25, 0.3) is 0 Å². The maximum atomic E-state index is 7.11. The van der Waals surface area contributed by atoms with Crippen molar-refractivity contribution in [3.8, 4) is 11.5 Å². The van der Waals surface area contributed by atoms with Gasteiger partial charge in [-0.3, -0.25) is 5.41 Å². The standard InChI is InChI=1S/C13H20N2O2/c1-2-9-16-11-6-3-4-7-12(11)17-10-5-8-13(14)15/h3-4,6-7H,2,5,8-10H2,1H3,(H3,14,15). The molecule has 0 atom stereocenters. The number of hydrogen-bond acceptors (Lipinski definition) is 3. The maximum absolute atomic E-state index is 7.11. The highest BCUT2D eigenvalue weighted by molar-refractivity contribution is 5.76. The number of hydrogen-bond donors (Lipinski definition) is 2. The molecular weight excluding hydrogens is 216 g/mol. The molecule has 0 aliphatic carbocycles. The average Bonchev–Trinajstić information content (AvgIpc) is 2.33. The fraction of sp³-hybridized carbons (Fsp3) is 0.462. The molecule has 0 saturated heterocycles. The van der Waals surface area contributed by atoms with Gasteiger partial charge >= 0.3 is 0 Å². The monoisotopic (exact) mass is 236 g/mol. The Morgan fingerprint density at radius 2 is 1.76 bits per heavy atom. The number of ether oxygens (including phenoxy) is 2. The predicted octanol–water partition coefficient (Wildman–Crippen LogP) is 2.57. The van der Waals surface area contributed by atoms with Crippen LogP contribution < -0.4 is 15.2 Å². The molecule has 94 valence electrons. The van der Waals surface area contributed by atoms with Crippen molar-refractivity contribution in [2.24, 2.45) is 5.73 Å². The summed E-state index contributed by atoms with van der Waals surface area (Å²) in [6.07, 6.45) is 2.29. The van der Waals surface area contributed by atoms with Crippen molar-refractivity contribution in [1.82, 2.24) is 0 Å². The highest BCUT2D eigenvalue weighted by Gasteiger charge is 2.03. The van der Waals surface area contributed by atoms with Gasteiger partial charge in [-0.05, 0) is 25.0 Å². The van der Waals surface area contributed by atoms with E-state index in [4.69, 9.17) is 20.6 Å². The number of rotatable bonds is 8. The summed E-state index contributed by atoms with van der Waals surface area (Å²) in [5, 5.41) is 7.11. The van der Waals surface area contributed by atoms with Crippen molar-refractivity contribution < 1.29 is 9.47 Å². The molecular formula is C13H20N2O2. The molecule has 3 N–H and O–H groups in total. The summed E-state index contributed by atoms with van der Waals surface area (Å²) in [5.41, 5.74) is 5.27. The molecule has 0 saturated carbocycles. The zero-order chi connectivity index (χ0) is 12.5. The lowest BCUT2D eigenvalue weighted by Crippen LogP contribution is -2.11. The second kappa shape index (κ2) is 7.54. The quantitative estimate of drug-likeness (QED) is 0.414. The lowest BCUT2D eigenvalue weighted by Gasteiger charge is -2.11. The van der Waals surface area contributed by atoms with E-state index in [2.05, 4.69) is 6.92 Å². The molecule has 0 spiro atoms. The smallest absolute Gasteiger partial charge is 0.161 e. The van der Waals surface area contributed by atoms with E-state index in [1.807, 2.05) is 24.3 Å². The van der Waals surface area contributed by atoms with Crippen LogP contribution in [0.3, 0.4) is 0 Å². The van der Waals surface area contributed by atoms with E-state index in [1.165, 1.54) is 0 Å². The highest BCUT2D eigenvalue weighted by atomic mass is 16.5. The average molecular weight is 236 g/mol. The number of amidine groups is 1. The molecule has 1 aromatic rings. The normalized spacial score (nSPS) is 9.94. The van der Waals surface area contributed by atoms with Gasteiger partial charge < -0.3 is 15.2 Å². The van der Waals surface area contributed by atoms with Gasteiger partial charge in [-0.1, -0.05) is 19.1 Å². The van der Waals surface area contributed by atoms with Crippen molar-refractivity contribution in [1.29, 1.82) is 5.41 Å². The minimum absolute atomic E-state index is 0.198. The third kappa shape index (κ3) is 5.24. The Kier molecular flexibility index (Phi) is 5.93. The van der Waals surface area contributed by atoms with Gasteiger partial charge in [0.05, 0.1) is 19.0 Å². The van der Waals surface area contributed by atoms with Crippen LogP contribution in [0.5, 0.6) is 11.5 Å². The first kappa shape index (κ1) is 13.4. The number of benzene rings is 1. The summed E-state index contributed by atoms with van der Waals surface area (Å²) in [6.45, 7) is 3.30. The summed E-state index contributed by atoms with van der Waals surface area (Å²) >= 11 is 0. The summed E-state index contributed by atoms with van der Waals surface area (Å²) in [4.78, 5) is 0. The van der Waals surface area contributed by atoms with Gasteiger partial charge in [0, 0.05) is 6.42 Å². The third-order valence-corrected chi connectivity index (χ3v) is 2.16. The van der Waals surface area contributed by atoms with E-state index >= 15 is 0 Å². The molecule has 4 heteroatoms. The molecule has 0 bridgehead atoms.